The molecule has 2 N–H and O–H groups in total. The maximum Gasteiger partial charge on any atom is 0.410 e. The summed E-state index contributed by atoms with van der Waals surface area (Å²) in [5, 5.41) is 0. The highest BCUT2D eigenvalue weighted by Crippen LogP contribution is 2.43. The molecule has 9 atom stereocenters. The highest BCUT2D eigenvalue weighted by molar-refractivity contribution is 7.85. The summed E-state index contributed by atoms with van der Waals surface area (Å²) in [5.41, 5.74) is 2.74. The molecule has 0 radical (unpaired) electrons. The van der Waals surface area contributed by atoms with Gasteiger partial charge in [0.05, 0.1) is 51.7 Å². The number of aromatic nitrogens is 2. The number of carbonyl (C=O) groups excluding carboxylic acids is 2. The first-order valence-corrected chi connectivity index (χ1v) is 26.8. The molecule has 406 valence electrons. The van der Waals surface area contributed by atoms with Gasteiger partial charge in [-0.3, -0.25) is 28.2 Å². The van der Waals surface area contributed by atoms with Crippen LogP contribution in [-0.2, 0) is 90.2 Å². The molecule has 20 heteroatoms. The number of likely N-dealkylation sites (tertiary alicyclic amines) is 1. The number of ether oxygens (including phenoxy) is 8. The quantitative estimate of drug-likeness (QED) is 0.0702. The number of aromatic amines is 1. The van der Waals surface area contributed by atoms with Crippen LogP contribution >= 0.6 is 0 Å². The van der Waals surface area contributed by atoms with Crippen LogP contribution in [0.4, 0.5) is 4.79 Å². The fourth-order valence-electron chi connectivity index (χ4n) is 9.80. The molecule has 77 heavy (non-hydrogen) atoms. The number of fused-ring (bicyclic) bond motifs is 1. The summed E-state index contributed by atoms with van der Waals surface area (Å²) < 4.78 is 87.4. The van der Waals surface area contributed by atoms with E-state index in [1.54, 1.807) is 13.8 Å². The van der Waals surface area contributed by atoms with Crippen molar-refractivity contribution in [1.82, 2.24) is 19.2 Å². The maximum absolute atomic E-state index is 15.1. The van der Waals surface area contributed by atoms with Gasteiger partial charge in [0.25, 0.3) is 5.56 Å². The van der Waals surface area contributed by atoms with Gasteiger partial charge < -0.3 is 37.9 Å². The normalized spacial score (nSPS) is 23.8. The molecule has 2 amide bonds. The van der Waals surface area contributed by atoms with Gasteiger partial charge in [0.1, 0.15) is 43.2 Å². The van der Waals surface area contributed by atoms with Gasteiger partial charge in [-0.25, -0.2) is 14.3 Å². The van der Waals surface area contributed by atoms with E-state index in [1.165, 1.54) is 11.1 Å². The SMILES string of the molecule is CC1(C)O[C@@H]2[C@H](O1)[C@@H](COS(=O)(=O)NC(=O)CC[C@@H]1[C@H](OCc3ccccc3)[C@@H](OCc3ccccc3)[C@@H](OCc3ccccc3)[C@@H](COCc3ccccc3)N1C(=O)OCc1ccccc1)O[C@H]2n1ccc(=O)[nH]c1=O. The van der Waals surface area contributed by atoms with E-state index >= 15 is 4.79 Å². The third-order valence-corrected chi connectivity index (χ3v) is 14.3. The van der Waals surface area contributed by atoms with E-state index in [0.717, 1.165) is 38.5 Å². The number of rotatable bonds is 23. The Labute approximate surface area is 446 Å². The lowest BCUT2D eigenvalue weighted by Gasteiger charge is -2.52. The standard InChI is InChI=1S/C57H62N4O15S/c1-57(2)75-51-46(74-54(53(51)76-57)60-31-30-47(62)58-55(60)64)38-73-77(66,67)59-48(63)29-28-44-49(69-33-40-20-10-4-11-21-40)52(71-35-42-24-14-6-15-25-42)50(70-34-41-22-12-5-13-23-41)45(37-68-32-39-18-8-3-9-19-39)61(44)56(65)72-36-43-26-16-7-17-27-43/h3-27,30-31,44-46,49-54H,28-29,32-38H2,1-2H3,(H,59,63)(H,58,62,64)/t44-,45-,46-,49+,50+,51-,52-,53-,54-/m1/s1. The minimum absolute atomic E-state index is 0.0594. The van der Waals surface area contributed by atoms with E-state index < -0.39 is 107 Å². The summed E-state index contributed by atoms with van der Waals surface area (Å²) in [6.07, 6.45) is -7.08. The first-order valence-electron chi connectivity index (χ1n) is 25.4. The van der Waals surface area contributed by atoms with Gasteiger partial charge in [-0.2, -0.15) is 8.42 Å². The Balaban J connectivity index is 1.02. The Morgan fingerprint density at radius 2 is 1.09 bits per heavy atom. The summed E-state index contributed by atoms with van der Waals surface area (Å²) >= 11 is 0. The van der Waals surface area contributed by atoms with Crippen LogP contribution in [0.25, 0.3) is 0 Å². The molecule has 0 aliphatic carbocycles. The molecule has 3 aliphatic heterocycles. The molecule has 6 aromatic rings. The third-order valence-electron chi connectivity index (χ3n) is 13.3. The predicted molar refractivity (Wildman–Crippen MR) is 279 cm³/mol. The second-order valence-electron chi connectivity index (χ2n) is 19.3. The Morgan fingerprint density at radius 1 is 0.610 bits per heavy atom. The zero-order valence-electron chi connectivity index (χ0n) is 42.6. The number of nitrogens with zero attached hydrogens (tertiary/aromatic N) is 2. The average Bonchev–Trinajstić information content (AvgIpc) is 3.93. The van der Waals surface area contributed by atoms with Crippen LogP contribution in [0.2, 0.25) is 0 Å². The molecule has 1 aromatic heterocycles. The number of hydrogen-bond donors (Lipinski definition) is 2. The Hall–Kier alpha value is -6.85. The molecule has 0 saturated carbocycles. The molecule has 9 rings (SSSR count). The lowest BCUT2D eigenvalue weighted by Crippen LogP contribution is -2.70. The van der Waals surface area contributed by atoms with Crippen LogP contribution in [-0.4, -0.2) is 103 Å². The van der Waals surface area contributed by atoms with E-state index in [4.69, 9.17) is 42.1 Å². The minimum Gasteiger partial charge on any atom is -0.445 e. The number of nitrogens with one attached hydrogen (secondary N) is 2. The molecule has 4 heterocycles. The van der Waals surface area contributed by atoms with Crippen molar-refractivity contribution >= 4 is 22.3 Å². The van der Waals surface area contributed by atoms with Gasteiger partial charge >= 0.3 is 22.1 Å². The fraction of sp³-hybridized carbons (Fsp3) is 0.368. The molecular formula is C57H62N4O15S. The average molecular weight is 1080 g/mol. The minimum atomic E-state index is -4.84. The Kier molecular flexibility index (Phi) is 18.2. The number of benzene rings is 5. The molecule has 3 fully saturated rings. The Bertz CT molecular complexity index is 3080. The van der Waals surface area contributed by atoms with Crippen LogP contribution in [0.15, 0.2) is 174 Å². The van der Waals surface area contributed by atoms with Gasteiger partial charge in [0.15, 0.2) is 12.0 Å². The molecule has 3 saturated heterocycles. The summed E-state index contributed by atoms with van der Waals surface area (Å²) in [7, 11) is -4.84. The Morgan fingerprint density at radius 3 is 1.62 bits per heavy atom. The van der Waals surface area contributed by atoms with Crippen molar-refractivity contribution < 1.29 is 60.1 Å². The number of piperidine rings is 1. The highest BCUT2D eigenvalue weighted by atomic mass is 32.2. The maximum atomic E-state index is 15.1. The number of H-pyrrole nitrogens is 1. The van der Waals surface area contributed by atoms with Crippen molar-refractivity contribution in [2.75, 3.05) is 13.2 Å². The van der Waals surface area contributed by atoms with Crippen molar-refractivity contribution in [2.45, 2.75) is 120 Å². The van der Waals surface area contributed by atoms with Crippen molar-refractivity contribution in [3.63, 3.8) is 0 Å². The van der Waals surface area contributed by atoms with Crippen LogP contribution in [0.1, 0.15) is 60.7 Å². The van der Waals surface area contributed by atoms with E-state index in [2.05, 4.69) is 4.98 Å². The zero-order chi connectivity index (χ0) is 53.8. The molecular weight excluding hydrogens is 1010 g/mol. The molecule has 19 nitrogen and oxygen atoms in total. The van der Waals surface area contributed by atoms with Crippen molar-refractivity contribution in [3.8, 4) is 0 Å². The van der Waals surface area contributed by atoms with Crippen LogP contribution in [0.5, 0.6) is 0 Å². The first kappa shape index (κ1) is 54.9. The van der Waals surface area contributed by atoms with Gasteiger partial charge in [-0.15, -0.1) is 0 Å². The van der Waals surface area contributed by atoms with Gasteiger partial charge in [-0.1, -0.05) is 152 Å². The highest BCUT2D eigenvalue weighted by Gasteiger charge is 2.57. The van der Waals surface area contributed by atoms with Gasteiger partial charge in [0.2, 0.25) is 5.91 Å². The molecule has 0 unspecified atom stereocenters. The van der Waals surface area contributed by atoms with E-state index in [9.17, 15) is 22.8 Å². The zero-order valence-corrected chi connectivity index (χ0v) is 43.4. The van der Waals surface area contributed by atoms with Crippen LogP contribution < -0.4 is 16.0 Å². The second kappa shape index (κ2) is 25.5. The number of hydrogen-bond acceptors (Lipinski definition) is 15. The summed E-state index contributed by atoms with van der Waals surface area (Å²) in [6, 6.07) is 46.5. The van der Waals surface area contributed by atoms with Gasteiger partial charge in [-0.05, 0) is 48.1 Å². The smallest absolute Gasteiger partial charge is 0.410 e. The van der Waals surface area contributed by atoms with Crippen molar-refractivity contribution in [3.05, 3.63) is 213 Å². The molecule has 0 bridgehead atoms. The monoisotopic (exact) mass is 1070 g/mol. The lowest BCUT2D eigenvalue weighted by molar-refractivity contribution is -0.223. The van der Waals surface area contributed by atoms with Crippen LogP contribution in [0, 0.1) is 0 Å². The van der Waals surface area contributed by atoms with Crippen molar-refractivity contribution in [1.29, 1.82) is 0 Å². The third kappa shape index (κ3) is 14.6. The van der Waals surface area contributed by atoms with E-state index in [0.29, 0.717) is 0 Å². The van der Waals surface area contributed by atoms with Crippen LogP contribution in [0.3, 0.4) is 0 Å². The fourth-order valence-corrected chi connectivity index (χ4v) is 10.6. The number of carbonyl (C=O) groups is 2. The van der Waals surface area contributed by atoms with E-state index in [-0.39, 0.29) is 46.1 Å². The lowest BCUT2D eigenvalue weighted by atomic mass is 9.85. The van der Waals surface area contributed by atoms with E-state index in [1.807, 2.05) is 156 Å². The molecule has 0 spiro atoms. The first-order chi connectivity index (χ1) is 37.3. The molecule has 3 aliphatic rings. The number of amides is 2. The van der Waals surface area contributed by atoms with Crippen molar-refractivity contribution in [2.24, 2.45) is 0 Å². The summed E-state index contributed by atoms with van der Waals surface area (Å²) in [6.45, 7) is 2.95. The largest absolute Gasteiger partial charge is 0.445 e. The predicted octanol–water partition coefficient (Wildman–Crippen LogP) is 6.47. The molecule has 5 aromatic carbocycles. The second-order valence-corrected chi connectivity index (χ2v) is 20.7. The van der Waals surface area contributed by atoms with Gasteiger partial charge in [0, 0.05) is 18.7 Å². The summed E-state index contributed by atoms with van der Waals surface area (Å²) in [5.74, 6) is -2.11. The topological polar surface area (TPSA) is 221 Å². The summed E-state index contributed by atoms with van der Waals surface area (Å²) in [4.78, 5) is 57.5.